The molecule has 0 spiro atoms. The van der Waals surface area contributed by atoms with Crippen LogP contribution in [0.25, 0.3) is 21.3 Å². The Hall–Kier alpha value is -2.39. The van der Waals surface area contributed by atoms with Crippen molar-refractivity contribution in [3.8, 4) is 11.1 Å². The van der Waals surface area contributed by atoms with Crippen LogP contribution in [-0.2, 0) is 22.5 Å². The van der Waals surface area contributed by atoms with Gasteiger partial charge >= 0.3 is 6.09 Å². The number of hydrogen-bond donors (Lipinski definition) is 1. The fourth-order valence-corrected chi connectivity index (χ4v) is 6.56. The van der Waals surface area contributed by atoms with Gasteiger partial charge in [-0.3, -0.25) is 4.98 Å². The number of aliphatic hydroxyl groups is 1. The molecule has 2 aromatic heterocycles. The number of rotatable bonds is 4. The van der Waals surface area contributed by atoms with Gasteiger partial charge in [0.25, 0.3) is 0 Å². The van der Waals surface area contributed by atoms with Crippen LogP contribution < -0.4 is 4.90 Å². The Balaban J connectivity index is 1.58. The first-order chi connectivity index (χ1) is 17.2. The van der Waals surface area contributed by atoms with Crippen LogP contribution in [0.1, 0.15) is 37.6 Å². The Kier molecular flexibility index (Phi) is 6.89. The van der Waals surface area contributed by atoms with Crippen LogP contribution in [0.15, 0.2) is 30.5 Å². The fourth-order valence-electron chi connectivity index (χ4n) is 5.31. The molecule has 2 atom stereocenters. The van der Waals surface area contributed by atoms with Gasteiger partial charge in [0.2, 0.25) is 0 Å². The van der Waals surface area contributed by atoms with Crippen molar-refractivity contribution < 1.29 is 19.4 Å². The number of thiophene rings is 1. The number of hydrogen-bond acceptors (Lipinski definition) is 7. The highest BCUT2D eigenvalue weighted by atomic mass is 35.5. The number of nitrogens with zero attached hydrogens (tertiary/aromatic N) is 3. The second kappa shape index (κ2) is 9.82. The molecule has 192 valence electrons. The third-order valence-electron chi connectivity index (χ3n) is 6.79. The zero-order valence-electron chi connectivity index (χ0n) is 21.1. The van der Waals surface area contributed by atoms with Crippen molar-refractivity contribution >= 4 is 44.9 Å². The number of fused-ring (bicyclic) bond motifs is 2. The van der Waals surface area contributed by atoms with Gasteiger partial charge in [0.05, 0.1) is 35.5 Å². The Bertz CT molecular complexity index is 1290. The first-order valence-corrected chi connectivity index (χ1v) is 13.5. The number of anilines is 1. The summed E-state index contributed by atoms with van der Waals surface area (Å²) in [4.78, 5) is 22.4. The van der Waals surface area contributed by atoms with Gasteiger partial charge in [-0.1, -0.05) is 11.6 Å². The van der Waals surface area contributed by atoms with E-state index < -0.39 is 5.60 Å². The maximum Gasteiger partial charge on any atom is 0.410 e. The van der Waals surface area contributed by atoms with Gasteiger partial charge in [0.15, 0.2) is 0 Å². The second-order valence-corrected chi connectivity index (χ2v) is 12.0. The molecule has 0 radical (unpaired) electrons. The largest absolute Gasteiger partial charge is 0.444 e. The standard InChI is InChI=1S/C27H32ClN3O4S/c1-27(2,3)35-26(33)30-13-22(23(14-30)34-4)31-9-5-6-16-10-17(28)11-20(24(16)31)19-7-8-29-21-12-18(15-32)36-25(19)21/h7-8,10-12,22-23,32H,5-6,9,13-15H2,1-4H3/t22-,23-/m0/s1. The van der Waals surface area contributed by atoms with Crippen molar-refractivity contribution in [1.29, 1.82) is 0 Å². The van der Waals surface area contributed by atoms with Gasteiger partial charge in [-0.05, 0) is 63.4 Å². The number of pyridine rings is 1. The normalized spacial score (nSPS) is 20.2. The van der Waals surface area contributed by atoms with E-state index in [9.17, 15) is 9.90 Å². The summed E-state index contributed by atoms with van der Waals surface area (Å²) in [6.45, 7) is 7.48. The minimum atomic E-state index is -0.555. The van der Waals surface area contributed by atoms with E-state index in [0.29, 0.717) is 18.1 Å². The predicted octanol–water partition coefficient (Wildman–Crippen LogP) is 5.50. The van der Waals surface area contributed by atoms with Gasteiger partial charge in [0, 0.05) is 53.1 Å². The molecule has 2 aliphatic heterocycles. The predicted molar refractivity (Wildman–Crippen MR) is 144 cm³/mol. The third-order valence-corrected chi connectivity index (χ3v) is 8.15. The molecular formula is C27H32ClN3O4S. The smallest absolute Gasteiger partial charge is 0.410 e. The Labute approximate surface area is 220 Å². The number of carbonyl (C=O) groups excluding carboxylic acids is 1. The molecule has 1 fully saturated rings. The molecule has 1 amide bonds. The Morgan fingerprint density at radius 3 is 2.78 bits per heavy atom. The number of halogens is 1. The molecule has 9 heteroatoms. The first kappa shape index (κ1) is 25.3. The molecule has 1 N–H and O–H groups in total. The lowest BCUT2D eigenvalue weighted by Gasteiger charge is -2.39. The molecule has 5 rings (SSSR count). The number of likely N-dealkylation sites (tertiary alicyclic amines) is 1. The maximum atomic E-state index is 12.9. The number of aromatic nitrogens is 1. The molecule has 2 aliphatic rings. The minimum Gasteiger partial charge on any atom is -0.444 e. The van der Waals surface area contributed by atoms with E-state index in [-0.39, 0.29) is 24.8 Å². The summed E-state index contributed by atoms with van der Waals surface area (Å²) < 4.78 is 12.6. The summed E-state index contributed by atoms with van der Waals surface area (Å²) >= 11 is 8.20. The maximum absolute atomic E-state index is 12.9. The fraction of sp³-hybridized carbons (Fsp3) is 0.481. The van der Waals surface area contributed by atoms with Crippen molar-refractivity contribution in [1.82, 2.24) is 9.88 Å². The molecule has 1 saturated heterocycles. The highest BCUT2D eigenvalue weighted by molar-refractivity contribution is 7.19. The van der Waals surface area contributed by atoms with Crippen LogP contribution >= 0.6 is 22.9 Å². The Morgan fingerprint density at radius 1 is 1.25 bits per heavy atom. The number of carbonyl (C=O) groups is 1. The average Bonchev–Trinajstić information content (AvgIpc) is 3.46. The molecule has 7 nitrogen and oxygen atoms in total. The van der Waals surface area contributed by atoms with Crippen molar-refractivity contribution in [3.05, 3.63) is 45.9 Å². The van der Waals surface area contributed by atoms with Crippen molar-refractivity contribution in [2.45, 2.75) is 58.0 Å². The lowest BCUT2D eigenvalue weighted by atomic mass is 9.92. The quantitative estimate of drug-likeness (QED) is 0.481. The van der Waals surface area contributed by atoms with Crippen LogP contribution in [0.2, 0.25) is 5.02 Å². The zero-order valence-corrected chi connectivity index (χ0v) is 22.7. The topological polar surface area (TPSA) is 75.1 Å². The minimum absolute atomic E-state index is 0.0155. The van der Waals surface area contributed by atoms with Gasteiger partial charge in [0.1, 0.15) is 5.60 Å². The van der Waals surface area contributed by atoms with Crippen LogP contribution in [0.3, 0.4) is 0 Å². The summed E-state index contributed by atoms with van der Waals surface area (Å²) in [5.41, 5.74) is 4.73. The zero-order chi connectivity index (χ0) is 25.6. The summed E-state index contributed by atoms with van der Waals surface area (Å²) in [7, 11) is 1.71. The van der Waals surface area contributed by atoms with Gasteiger partial charge in [-0.25, -0.2) is 4.79 Å². The SMILES string of the molecule is CO[C@H]1CN(C(=O)OC(C)(C)C)C[C@@H]1N1CCCc2cc(Cl)cc(-c3ccnc4cc(CO)sc34)c21. The van der Waals surface area contributed by atoms with E-state index in [4.69, 9.17) is 21.1 Å². The van der Waals surface area contributed by atoms with Crippen LogP contribution in [0.5, 0.6) is 0 Å². The lowest BCUT2D eigenvalue weighted by molar-refractivity contribution is 0.0252. The molecule has 1 aromatic carbocycles. The number of benzene rings is 1. The summed E-state index contributed by atoms with van der Waals surface area (Å²) in [6, 6.07) is 8.02. The molecule has 0 aliphatic carbocycles. The van der Waals surface area contributed by atoms with Gasteiger partial charge in [-0.15, -0.1) is 11.3 Å². The highest BCUT2D eigenvalue weighted by Crippen LogP contribution is 2.45. The van der Waals surface area contributed by atoms with E-state index in [2.05, 4.69) is 16.0 Å². The third kappa shape index (κ3) is 4.79. The van der Waals surface area contributed by atoms with Crippen molar-refractivity contribution in [3.63, 3.8) is 0 Å². The van der Waals surface area contributed by atoms with Crippen LogP contribution in [0, 0.1) is 0 Å². The number of amides is 1. The number of methoxy groups -OCH3 is 1. The first-order valence-electron chi connectivity index (χ1n) is 12.3. The molecule has 0 bridgehead atoms. The van der Waals surface area contributed by atoms with E-state index in [1.807, 2.05) is 45.2 Å². The molecule has 3 aromatic rings. The van der Waals surface area contributed by atoms with E-state index in [0.717, 1.165) is 51.3 Å². The monoisotopic (exact) mass is 529 g/mol. The lowest BCUT2D eigenvalue weighted by Crippen LogP contribution is -2.47. The van der Waals surface area contributed by atoms with Crippen molar-refractivity contribution in [2.75, 3.05) is 31.6 Å². The molecular weight excluding hydrogens is 498 g/mol. The van der Waals surface area contributed by atoms with Gasteiger partial charge < -0.3 is 24.4 Å². The molecule has 4 heterocycles. The number of ether oxygens (including phenoxy) is 2. The highest BCUT2D eigenvalue weighted by Gasteiger charge is 2.42. The molecule has 0 unspecified atom stereocenters. The average molecular weight is 530 g/mol. The summed E-state index contributed by atoms with van der Waals surface area (Å²) in [6.07, 6.45) is 3.27. The number of aliphatic hydroxyl groups excluding tert-OH is 1. The number of aryl methyl sites for hydroxylation is 1. The molecule has 36 heavy (non-hydrogen) atoms. The van der Waals surface area contributed by atoms with E-state index in [1.54, 1.807) is 23.3 Å². The van der Waals surface area contributed by atoms with Crippen molar-refractivity contribution in [2.24, 2.45) is 0 Å². The summed E-state index contributed by atoms with van der Waals surface area (Å²) in [5.74, 6) is 0. The second-order valence-electron chi connectivity index (χ2n) is 10.4. The van der Waals surface area contributed by atoms with Crippen LogP contribution in [-0.4, -0.2) is 65.6 Å². The van der Waals surface area contributed by atoms with E-state index in [1.165, 1.54) is 5.56 Å². The van der Waals surface area contributed by atoms with E-state index >= 15 is 0 Å². The van der Waals surface area contributed by atoms with Gasteiger partial charge in [-0.2, -0.15) is 0 Å². The Morgan fingerprint density at radius 2 is 2.06 bits per heavy atom. The molecule has 0 saturated carbocycles. The van der Waals surface area contributed by atoms with Crippen LogP contribution in [0.4, 0.5) is 10.5 Å². The summed E-state index contributed by atoms with van der Waals surface area (Å²) in [5, 5.41) is 10.4.